The van der Waals surface area contributed by atoms with Crippen LogP contribution in [0, 0.1) is 11.8 Å². The maximum absolute atomic E-state index is 6.51. The van der Waals surface area contributed by atoms with Crippen LogP contribution in [0.15, 0.2) is 18.2 Å². The van der Waals surface area contributed by atoms with E-state index >= 15 is 0 Å². The van der Waals surface area contributed by atoms with Crippen molar-refractivity contribution in [1.82, 2.24) is 9.97 Å². The van der Waals surface area contributed by atoms with Gasteiger partial charge in [-0.25, -0.2) is 4.98 Å². The molecule has 31 heavy (non-hydrogen) atoms. The number of fused-ring (bicyclic) bond motifs is 1. The second-order valence-corrected chi connectivity index (χ2v) is 9.15. The van der Waals surface area contributed by atoms with Crippen LogP contribution in [0.25, 0.3) is 10.9 Å². The van der Waals surface area contributed by atoms with E-state index in [-0.39, 0.29) is 5.60 Å². The monoisotopic (exact) mass is 426 g/mol. The van der Waals surface area contributed by atoms with Gasteiger partial charge in [0.2, 0.25) is 5.95 Å². The van der Waals surface area contributed by atoms with Crippen molar-refractivity contribution < 1.29 is 14.2 Å². The number of rotatable bonds is 10. The van der Waals surface area contributed by atoms with Crippen molar-refractivity contribution in [1.29, 1.82) is 0 Å². The highest BCUT2D eigenvalue weighted by Gasteiger charge is 2.57. The average molecular weight is 427 g/mol. The Balaban J connectivity index is 1.44. The third-order valence-electron chi connectivity index (χ3n) is 6.95. The van der Waals surface area contributed by atoms with Gasteiger partial charge in [-0.2, -0.15) is 4.98 Å². The fourth-order valence-corrected chi connectivity index (χ4v) is 5.03. The van der Waals surface area contributed by atoms with Crippen molar-refractivity contribution in [3.63, 3.8) is 0 Å². The van der Waals surface area contributed by atoms with Crippen LogP contribution in [-0.4, -0.2) is 62.6 Å². The molecule has 2 heterocycles. The molecule has 2 aromatic rings. The second kappa shape index (κ2) is 8.79. The fourth-order valence-electron chi connectivity index (χ4n) is 5.03. The van der Waals surface area contributed by atoms with E-state index in [4.69, 9.17) is 24.2 Å². The van der Waals surface area contributed by atoms with Gasteiger partial charge in [0.1, 0.15) is 11.6 Å². The van der Waals surface area contributed by atoms with Gasteiger partial charge in [0.25, 0.3) is 0 Å². The van der Waals surface area contributed by atoms with E-state index in [0.717, 1.165) is 80.0 Å². The lowest BCUT2D eigenvalue weighted by molar-refractivity contribution is -0.0874. The number of unbranched alkanes of at least 4 members (excludes halogenated alkanes) is 1. The van der Waals surface area contributed by atoms with Gasteiger partial charge in [-0.15, -0.1) is 0 Å². The Morgan fingerprint density at radius 2 is 1.94 bits per heavy atom. The first kappa shape index (κ1) is 20.8. The number of hydrogen-bond donors (Lipinski definition) is 1. The molecule has 7 heteroatoms. The molecule has 2 aliphatic carbocycles. The summed E-state index contributed by atoms with van der Waals surface area (Å²) in [6.45, 7) is 4.19. The zero-order valence-electron chi connectivity index (χ0n) is 18.7. The normalized spacial score (nSPS) is 20.8. The van der Waals surface area contributed by atoms with Gasteiger partial charge in [-0.05, 0) is 62.5 Å². The lowest BCUT2D eigenvalue weighted by Crippen LogP contribution is -2.55. The number of methoxy groups -OCH3 is 2. The number of benzene rings is 1. The van der Waals surface area contributed by atoms with Gasteiger partial charge in [0, 0.05) is 44.8 Å². The summed E-state index contributed by atoms with van der Waals surface area (Å²) in [4.78, 5) is 12.2. The molecule has 1 N–H and O–H groups in total. The first-order valence-electron chi connectivity index (χ1n) is 11.7. The van der Waals surface area contributed by atoms with Crippen molar-refractivity contribution in [2.24, 2.45) is 11.8 Å². The van der Waals surface area contributed by atoms with Crippen LogP contribution < -0.4 is 15.0 Å². The van der Waals surface area contributed by atoms with E-state index in [1.165, 1.54) is 25.7 Å². The Bertz CT molecular complexity index is 901. The van der Waals surface area contributed by atoms with Crippen LogP contribution in [0.3, 0.4) is 0 Å². The number of hydrogen-bond acceptors (Lipinski definition) is 7. The molecule has 0 radical (unpaired) electrons. The zero-order valence-corrected chi connectivity index (χ0v) is 18.7. The van der Waals surface area contributed by atoms with Gasteiger partial charge in [0.05, 0.1) is 24.8 Å². The number of aromatic nitrogens is 2. The number of morpholine rings is 1. The summed E-state index contributed by atoms with van der Waals surface area (Å²) in [5, 5.41) is 4.50. The first-order chi connectivity index (χ1) is 15.2. The van der Waals surface area contributed by atoms with Crippen LogP contribution in [0.4, 0.5) is 11.8 Å². The van der Waals surface area contributed by atoms with Crippen molar-refractivity contribution in [3.8, 4) is 5.75 Å². The standard InChI is InChI=1S/C24H34N4O3/c1-29-13-4-3-11-25-23-26-21-15-19(30-2)9-10-20(21)22(27-23)28-12-14-31-24(16-28,17-5-6-17)18-7-8-18/h9-10,15,17-18H,3-8,11-14,16H2,1-2H3,(H,25,26,27). The summed E-state index contributed by atoms with van der Waals surface area (Å²) in [7, 11) is 3.44. The molecule has 0 spiro atoms. The second-order valence-electron chi connectivity index (χ2n) is 9.15. The van der Waals surface area contributed by atoms with E-state index < -0.39 is 0 Å². The maximum atomic E-state index is 6.51. The quantitative estimate of drug-likeness (QED) is 0.578. The highest BCUT2D eigenvalue weighted by atomic mass is 16.5. The van der Waals surface area contributed by atoms with Gasteiger partial charge in [-0.3, -0.25) is 0 Å². The molecule has 3 aliphatic rings. The molecule has 5 rings (SSSR count). The molecule has 0 unspecified atom stereocenters. The Kier molecular flexibility index (Phi) is 5.89. The largest absolute Gasteiger partial charge is 0.497 e. The molecule has 0 amide bonds. The van der Waals surface area contributed by atoms with E-state index in [1.54, 1.807) is 14.2 Å². The zero-order chi connectivity index (χ0) is 21.3. The first-order valence-corrected chi connectivity index (χ1v) is 11.7. The Morgan fingerprint density at radius 1 is 1.13 bits per heavy atom. The molecule has 168 valence electrons. The van der Waals surface area contributed by atoms with Crippen LogP contribution >= 0.6 is 0 Å². The Hall–Kier alpha value is -2.12. The maximum Gasteiger partial charge on any atom is 0.225 e. The minimum absolute atomic E-state index is 0.0235. The summed E-state index contributed by atoms with van der Waals surface area (Å²) in [6, 6.07) is 6.10. The van der Waals surface area contributed by atoms with Crippen LogP contribution in [0.1, 0.15) is 38.5 Å². The summed E-state index contributed by atoms with van der Waals surface area (Å²) >= 11 is 0. The number of ether oxygens (including phenoxy) is 3. The predicted octanol–water partition coefficient (Wildman–Crippen LogP) is 3.87. The Labute approximate surface area is 184 Å². The molecular formula is C24H34N4O3. The lowest BCUT2D eigenvalue weighted by Gasteiger charge is -2.44. The lowest BCUT2D eigenvalue weighted by atomic mass is 9.89. The van der Waals surface area contributed by atoms with E-state index in [9.17, 15) is 0 Å². The molecule has 3 fully saturated rings. The minimum atomic E-state index is 0.0235. The summed E-state index contributed by atoms with van der Waals surface area (Å²) < 4.78 is 17.1. The van der Waals surface area contributed by atoms with Crippen molar-refractivity contribution in [3.05, 3.63) is 18.2 Å². The molecule has 1 aromatic heterocycles. The van der Waals surface area contributed by atoms with Crippen LogP contribution in [0.5, 0.6) is 5.75 Å². The summed E-state index contributed by atoms with van der Waals surface area (Å²) in [5.41, 5.74) is 0.939. The molecule has 0 atom stereocenters. The third-order valence-corrected chi connectivity index (χ3v) is 6.95. The number of nitrogens with zero attached hydrogens (tertiary/aromatic N) is 3. The van der Waals surface area contributed by atoms with Crippen molar-refractivity contribution in [2.45, 2.75) is 44.1 Å². The molecular weight excluding hydrogens is 392 g/mol. The SMILES string of the molecule is COCCCCNc1nc(N2CCOC(C3CC3)(C3CC3)C2)c2ccc(OC)cc2n1. The molecule has 1 aromatic carbocycles. The third kappa shape index (κ3) is 4.30. The van der Waals surface area contributed by atoms with Gasteiger partial charge in [-0.1, -0.05) is 0 Å². The van der Waals surface area contributed by atoms with E-state index in [2.05, 4.69) is 16.3 Å². The summed E-state index contributed by atoms with van der Waals surface area (Å²) in [6.07, 6.45) is 7.26. The summed E-state index contributed by atoms with van der Waals surface area (Å²) in [5.74, 6) is 3.95. The topological polar surface area (TPSA) is 68.7 Å². The van der Waals surface area contributed by atoms with Crippen molar-refractivity contribution >= 4 is 22.7 Å². The molecule has 1 saturated heterocycles. The number of anilines is 2. The minimum Gasteiger partial charge on any atom is -0.497 e. The van der Waals surface area contributed by atoms with Crippen LogP contribution in [0.2, 0.25) is 0 Å². The predicted molar refractivity (Wildman–Crippen MR) is 122 cm³/mol. The molecule has 2 saturated carbocycles. The highest BCUT2D eigenvalue weighted by Crippen LogP contribution is 2.55. The van der Waals surface area contributed by atoms with Crippen LogP contribution in [-0.2, 0) is 9.47 Å². The van der Waals surface area contributed by atoms with Crippen molar-refractivity contribution in [2.75, 3.05) is 57.3 Å². The van der Waals surface area contributed by atoms with E-state index in [1.807, 2.05) is 12.1 Å². The van der Waals surface area contributed by atoms with Gasteiger partial charge >= 0.3 is 0 Å². The smallest absolute Gasteiger partial charge is 0.225 e. The molecule has 7 nitrogen and oxygen atoms in total. The highest BCUT2D eigenvalue weighted by molar-refractivity contribution is 5.91. The number of nitrogens with one attached hydrogen (secondary N) is 1. The fraction of sp³-hybridized carbons (Fsp3) is 0.667. The molecule has 1 aliphatic heterocycles. The molecule has 0 bridgehead atoms. The van der Waals surface area contributed by atoms with Gasteiger partial charge < -0.3 is 24.4 Å². The van der Waals surface area contributed by atoms with E-state index in [0.29, 0.717) is 5.95 Å². The Morgan fingerprint density at radius 3 is 2.65 bits per heavy atom. The average Bonchev–Trinajstić information content (AvgIpc) is 3.70. The van der Waals surface area contributed by atoms with Gasteiger partial charge in [0.15, 0.2) is 0 Å².